The number of carbonyl (C=O) groups is 1. The lowest BCUT2D eigenvalue weighted by Gasteiger charge is -2.16. The summed E-state index contributed by atoms with van der Waals surface area (Å²) in [5.74, 6) is 0.0969. The van der Waals surface area contributed by atoms with Crippen LogP contribution < -0.4 is 10.0 Å². The Hall–Kier alpha value is -2.75. The molecule has 28 heavy (non-hydrogen) atoms. The van der Waals surface area contributed by atoms with Crippen LogP contribution in [0.1, 0.15) is 22.0 Å². The van der Waals surface area contributed by atoms with Gasteiger partial charge in [0.25, 0.3) is 5.91 Å². The van der Waals surface area contributed by atoms with E-state index in [2.05, 4.69) is 10.1 Å². The first-order valence-corrected chi connectivity index (χ1v) is 10.3. The lowest BCUT2D eigenvalue weighted by atomic mass is 10.2. The molecule has 2 aromatic carbocycles. The number of primary sulfonamides is 1. The van der Waals surface area contributed by atoms with Crippen molar-refractivity contribution in [3.05, 3.63) is 64.7 Å². The third-order valence-corrected chi connectivity index (χ3v) is 5.80. The maximum absolute atomic E-state index is 13.0. The standard InChI is InChI=1S/C18H16ClN5O3S/c1-11-21-17(22-24(11)15-5-3-2-4-14(15)19)18(25)23-9-8-12-6-7-13(10-16(12)23)28(20,26)27/h2-7,10H,8-9H2,1H3,(H2,20,26,27). The van der Waals surface area contributed by atoms with Gasteiger partial charge in [0, 0.05) is 12.2 Å². The van der Waals surface area contributed by atoms with Gasteiger partial charge in [-0.25, -0.2) is 23.2 Å². The number of nitrogens with zero attached hydrogens (tertiary/aromatic N) is 4. The molecule has 1 aliphatic heterocycles. The van der Waals surface area contributed by atoms with Crippen LogP contribution in [0.2, 0.25) is 5.02 Å². The van der Waals surface area contributed by atoms with Gasteiger partial charge in [-0.05, 0) is 43.2 Å². The summed E-state index contributed by atoms with van der Waals surface area (Å²) in [6.45, 7) is 2.13. The molecule has 0 radical (unpaired) electrons. The summed E-state index contributed by atoms with van der Waals surface area (Å²) in [6, 6.07) is 11.6. The molecule has 0 saturated carbocycles. The third-order valence-electron chi connectivity index (χ3n) is 4.57. The summed E-state index contributed by atoms with van der Waals surface area (Å²) >= 11 is 6.22. The van der Waals surface area contributed by atoms with E-state index in [-0.39, 0.29) is 10.7 Å². The Kier molecular flexibility index (Phi) is 4.45. The lowest BCUT2D eigenvalue weighted by Crippen LogP contribution is -2.30. The molecule has 1 aromatic heterocycles. The van der Waals surface area contributed by atoms with Crippen LogP contribution in [0.4, 0.5) is 5.69 Å². The van der Waals surface area contributed by atoms with Crippen LogP contribution in [0.25, 0.3) is 5.69 Å². The molecular formula is C18H16ClN5O3S. The van der Waals surface area contributed by atoms with Crippen molar-refractivity contribution in [2.45, 2.75) is 18.2 Å². The van der Waals surface area contributed by atoms with Crippen molar-refractivity contribution in [1.29, 1.82) is 0 Å². The van der Waals surface area contributed by atoms with Crippen molar-refractivity contribution >= 4 is 33.2 Å². The fourth-order valence-electron chi connectivity index (χ4n) is 3.20. The Bertz CT molecular complexity index is 1210. The molecule has 0 saturated heterocycles. The van der Waals surface area contributed by atoms with E-state index in [1.165, 1.54) is 21.7 Å². The van der Waals surface area contributed by atoms with Gasteiger partial charge in [-0.3, -0.25) is 4.79 Å². The summed E-state index contributed by atoms with van der Waals surface area (Å²) in [5, 5.41) is 10.0. The number of anilines is 1. The first kappa shape index (κ1) is 18.6. The van der Waals surface area contributed by atoms with Crippen LogP contribution in [0.3, 0.4) is 0 Å². The van der Waals surface area contributed by atoms with Crippen LogP contribution in [-0.2, 0) is 16.4 Å². The number of halogens is 1. The number of nitrogens with two attached hydrogens (primary N) is 1. The van der Waals surface area contributed by atoms with Gasteiger partial charge >= 0.3 is 0 Å². The predicted octanol–water partition coefficient (Wildman–Crippen LogP) is 2.08. The van der Waals surface area contributed by atoms with Crippen LogP contribution in [-0.4, -0.2) is 35.6 Å². The van der Waals surface area contributed by atoms with Gasteiger partial charge in [0.1, 0.15) is 5.82 Å². The number of fused-ring (bicyclic) bond motifs is 1. The van der Waals surface area contributed by atoms with Crippen molar-refractivity contribution in [2.24, 2.45) is 5.14 Å². The molecule has 0 spiro atoms. The number of hydrogen-bond acceptors (Lipinski definition) is 5. The number of carbonyl (C=O) groups excluding carboxylic acids is 1. The quantitative estimate of drug-likeness (QED) is 0.701. The summed E-state index contributed by atoms with van der Waals surface area (Å²) < 4.78 is 24.8. The molecule has 0 aliphatic carbocycles. The lowest BCUT2D eigenvalue weighted by molar-refractivity contribution is 0.0979. The zero-order valence-electron chi connectivity index (χ0n) is 14.8. The molecule has 1 amide bonds. The second-order valence-electron chi connectivity index (χ2n) is 6.39. The second kappa shape index (κ2) is 6.69. The van der Waals surface area contributed by atoms with Crippen molar-refractivity contribution in [3.8, 4) is 5.69 Å². The van der Waals surface area contributed by atoms with Gasteiger partial charge in [0.15, 0.2) is 0 Å². The summed E-state index contributed by atoms with van der Waals surface area (Å²) in [5.41, 5.74) is 1.98. The van der Waals surface area contributed by atoms with Crippen molar-refractivity contribution in [3.63, 3.8) is 0 Å². The average molecular weight is 418 g/mol. The Morgan fingerprint density at radius 2 is 1.93 bits per heavy atom. The molecule has 1 aliphatic rings. The first-order valence-electron chi connectivity index (χ1n) is 8.42. The molecule has 144 valence electrons. The number of aromatic nitrogens is 3. The Morgan fingerprint density at radius 3 is 2.64 bits per heavy atom. The van der Waals surface area contributed by atoms with Crippen LogP contribution in [0.15, 0.2) is 47.4 Å². The SMILES string of the molecule is Cc1nc(C(=O)N2CCc3ccc(S(N)(=O)=O)cc32)nn1-c1ccccc1Cl. The molecule has 10 heteroatoms. The first-order chi connectivity index (χ1) is 13.3. The summed E-state index contributed by atoms with van der Waals surface area (Å²) in [7, 11) is -3.87. The average Bonchev–Trinajstić information content (AvgIpc) is 3.24. The molecule has 0 atom stereocenters. The maximum Gasteiger partial charge on any atom is 0.297 e. The molecule has 0 fully saturated rings. The highest BCUT2D eigenvalue weighted by molar-refractivity contribution is 7.89. The van der Waals surface area contributed by atoms with E-state index in [0.717, 1.165) is 5.56 Å². The van der Waals surface area contributed by atoms with Crippen molar-refractivity contribution in [2.75, 3.05) is 11.4 Å². The smallest absolute Gasteiger partial charge is 0.297 e. The van der Waals surface area contributed by atoms with Gasteiger partial charge in [-0.1, -0.05) is 29.8 Å². The highest BCUT2D eigenvalue weighted by atomic mass is 35.5. The van der Waals surface area contributed by atoms with Crippen LogP contribution in [0.5, 0.6) is 0 Å². The zero-order valence-corrected chi connectivity index (χ0v) is 16.4. The molecule has 2 N–H and O–H groups in total. The Morgan fingerprint density at radius 1 is 1.18 bits per heavy atom. The topological polar surface area (TPSA) is 111 Å². The molecule has 3 aromatic rings. The van der Waals surface area contributed by atoms with Crippen LogP contribution >= 0.6 is 11.6 Å². The molecular weight excluding hydrogens is 402 g/mol. The number of para-hydroxylation sites is 1. The van der Waals surface area contributed by atoms with Gasteiger partial charge in [0.05, 0.1) is 15.6 Å². The van der Waals surface area contributed by atoms with Crippen molar-refractivity contribution < 1.29 is 13.2 Å². The van der Waals surface area contributed by atoms with Crippen LogP contribution in [0, 0.1) is 6.92 Å². The number of rotatable bonds is 3. The number of benzene rings is 2. The van der Waals surface area contributed by atoms with Crippen molar-refractivity contribution in [1.82, 2.24) is 14.8 Å². The van der Waals surface area contributed by atoms with E-state index in [1.54, 1.807) is 31.2 Å². The minimum Gasteiger partial charge on any atom is -0.305 e. The number of amides is 1. The summed E-state index contributed by atoms with van der Waals surface area (Å²) in [4.78, 5) is 18.7. The number of sulfonamides is 1. The fourth-order valence-corrected chi connectivity index (χ4v) is 3.95. The highest BCUT2D eigenvalue weighted by Crippen LogP contribution is 2.31. The summed E-state index contributed by atoms with van der Waals surface area (Å²) in [6.07, 6.45) is 0.607. The van der Waals surface area contributed by atoms with Gasteiger partial charge in [-0.2, -0.15) is 0 Å². The molecule has 4 rings (SSSR count). The van der Waals surface area contributed by atoms with Gasteiger partial charge in [0.2, 0.25) is 15.8 Å². The van der Waals surface area contributed by atoms with E-state index in [9.17, 15) is 13.2 Å². The Balaban J connectivity index is 1.72. The van der Waals surface area contributed by atoms with E-state index in [1.807, 2.05) is 6.07 Å². The normalized spacial score (nSPS) is 13.6. The Labute approximate surface area is 166 Å². The molecule has 2 heterocycles. The maximum atomic E-state index is 13.0. The minimum absolute atomic E-state index is 0.00581. The fraction of sp³-hybridized carbons (Fsp3) is 0.167. The largest absolute Gasteiger partial charge is 0.305 e. The minimum atomic E-state index is -3.87. The molecule has 0 bridgehead atoms. The predicted molar refractivity (Wildman–Crippen MR) is 104 cm³/mol. The zero-order chi connectivity index (χ0) is 20.1. The number of aryl methyl sites for hydroxylation is 1. The number of hydrogen-bond donors (Lipinski definition) is 1. The van der Waals surface area contributed by atoms with Gasteiger partial charge < -0.3 is 4.90 Å². The second-order valence-corrected chi connectivity index (χ2v) is 8.36. The monoisotopic (exact) mass is 417 g/mol. The molecule has 8 nitrogen and oxygen atoms in total. The van der Waals surface area contributed by atoms with E-state index >= 15 is 0 Å². The highest BCUT2D eigenvalue weighted by Gasteiger charge is 2.30. The van der Waals surface area contributed by atoms with E-state index in [4.69, 9.17) is 16.7 Å². The van der Waals surface area contributed by atoms with Gasteiger partial charge in [-0.15, -0.1) is 5.10 Å². The van der Waals surface area contributed by atoms with E-state index in [0.29, 0.717) is 35.2 Å². The third kappa shape index (κ3) is 3.17. The molecule has 0 unspecified atom stereocenters. The van der Waals surface area contributed by atoms with E-state index < -0.39 is 15.9 Å².